The molecule has 0 aliphatic heterocycles. The first kappa shape index (κ1) is 22.9. The Bertz CT molecular complexity index is 1030. The third-order valence-corrected chi connectivity index (χ3v) is 4.33. The molecule has 10 heteroatoms. The number of rotatable bonds is 8. The van der Waals surface area contributed by atoms with Crippen molar-refractivity contribution in [1.29, 1.82) is 5.41 Å². The minimum absolute atomic E-state index is 0.0440. The minimum Gasteiger partial charge on any atom is -0.392 e. The third kappa shape index (κ3) is 4.77. The molecule has 0 aliphatic carbocycles. The Morgan fingerprint density at radius 1 is 1.33 bits per heavy atom. The van der Waals surface area contributed by atoms with Crippen LogP contribution in [0.1, 0.15) is 34.5 Å². The number of hydrogen-bond donors (Lipinski definition) is 4. The zero-order valence-corrected chi connectivity index (χ0v) is 16.2. The van der Waals surface area contributed by atoms with Crippen LogP contribution in [-0.2, 0) is 5.92 Å². The Labute approximate surface area is 170 Å². The Morgan fingerprint density at radius 2 is 2.03 bits per heavy atom. The molecule has 0 radical (unpaired) electrons. The van der Waals surface area contributed by atoms with Crippen molar-refractivity contribution in [3.8, 4) is 0 Å². The van der Waals surface area contributed by atoms with Gasteiger partial charge in [0.2, 0.25) is 0 Å². The van der Waals surface area contributed by atoms with Crippen molar-refractivity contribution >= 4 is 17.8 Å². The molecule has 0 saturated heterocycles. The summed E-state index contributed by atoms with van der Waals surface area (Å²) < 4.78 is 43.1. The molecule has 0 spiro atoms. The lowest BCUT2D eigenvalue weighted by atomic mass is 10.00. The number of aromatic nitrogens is 1. The van der Waals surface area contributed by atoms with Gasteiger partial charge < -0.3 is 21.1 Å². The van der Waals surface area contributed by atoms with Crippen LogP contribution < -0.4 is 16.2 Å². The maximum atomic E-state index is 14.6. The van der Waals surface area contributed by atoms with Crippen LogP contribution in [0.5, 0.6) is 0 Å². The van der Waals surface area contributed by atoms with Gasteiger partial charge in [-0.05, 0) is 19.1 Å². The highest BCUT2D eigenvalue weighted by Gasteiger charge is 2.35. The van der Waals surface area contributed by atoms with Crippen LogP contribution in [0, 0.1) is 11.2 Å². The number of hydrogen-bond acceptors (Lipinski definition) is 5. The number of halogens is 3. The Balaban J connectivity index is 2.33. The zero-order chi connectivity index (χ0) is 22.5. The number of nitrogens with zero attached hydrogens (tertiary/aromatic N) is 1. The first-order chi connectivity index (χ1) is 14.2. The lowest BCUT2D eigenvalue weighted by Gasteiger charge is -2.20. The second-order valence-electron chi connectivity index (χ2n) is 6.39. The number of nitrogens with one attached hydrogen (secondary N) is 3. The van der Waals surface area contributed by atoms with E-state index in [1.807, 2.05) is 0 Å². The molecule has 1 heterocycles. The van der Waals surface area contributed by atoms with Gasteiger partial charge in [-0.1, -0.05) is 12.1 Å². The second kappa shape index (κ2) is 9.40. The highest BCUT2D eigenvalue weighted by Crippen LogP contribution is 2.32. The van der Waals surface area contributed by atoms with Crippen molar-refractivity contribution in [2.24, 2.45) is 0 Å². The van der Waals surface area contributed by atoms with Gasteiger partial charge in [-0.25, -0.2) is 4.39 Å². The summed E-state index contributed by atoms with van der Waals surface area (Å²) in [5.41, 5.74) is -1.41. The molecule has 1 atom stereocenters. The molecule has 1 aromatic carbocycles. The predicted octanol–water partition coefficient (Wildman–Crippen LogP) is 2.23. The summed E-state index contributed by atoms with van der Waals surface area (Å²) in [5.74, 6) is -5.66. The van der Waals surface area contributed by atoms with Crippen LogP contribution in [0.15, 0.2) is 47.5 Å². The van der Waals surface area contributed by atoms with E-state index >= 15 is 0 Å². The number of carbonyl (C=O) groups excluding carboxylic acids is 1. The molecule has 2 aromatic rings. The van der Waals surface area contributed by atoms with Crippen LogP contribution in [0.2, 0.25) is 0 Å². The lowest BCUT2D eigenvalue weighted by molar-refractivity contribution is -0.0584. The van der Waals surface area contributed by atoms with E-state index in [-0.39, 0.29) is 16.8 Å². The third-order valence-electron chi connectivity index (χ3n) is 4.33. The molecule has 1 amide bonds. The average molecular weight is 422 g/mol. The van der Waals surface area contributed by atoms with Crippen LogP contribution in [0.3, 0.4) is 0 Å². The van der Waals surface area contributed by atoms with Crippen molar-refractivity contribution in [2.75, 3.05) is 13.7 Å². The topological polar surface area (TPSA) is 107 Å². The summed E-state index contributed by atoms with van der Waals surface area (Å²) in [6.07, 6.45) is 3.52. The van der Waals surface area contributed by atoms with E-state index in [0.29, 0.717) is 0 Å². The molecule has 160 valence electrons. The van der Waals surface area contributed by atoms with Gasteiger partial charge in [-0.3, -0.25) is 14.2 Å². The Morgan fingerprint density at radius 3 is 2.63 bits per heavy atom. The number of aliphatic hydroxyl groups excluding tert-OH is 1. The zero-order valence-electron chi connectivity index (χ0n) is 16.2. The van der Waals surface area contributed by atoms with E-state index in [1.54, 1.807) is 7.05 Å². The quantitative estimate of drug-likeness (QED) is 0.490. The lowest BCUT2D eigenvalue weighted by Crippen LogP contribution is -2.30. The van der Waals surface area contributed by atoms with E-state index in [2.05, 4.69) is 10.6 Å². The first-order valence-corrected chi connectivity index (χ1v) is 8.85. The number of carbonyl (C=O) groups is 1. The summed E-state index contributed by atoms with van der Waals surface area (Å²) in [6.45, 7) is -0.137. The fourth-order valence-electron chi connectivity index (χ4n) is 2.76. The highest BCUT2D eigenvalue weighted by atomic mass is 19.3. The molecule has 0 fully saturated rings. The summed E-state index contributed by atoms with van der Waals surface area (Å²) in [5, 5.41) is 21.4. The predicted molar refractivity (Wildman–Crippen MR) is 106 cm³/mol. The number of aliphatic hydroxyl groups is 1. The minimum atomic E-state index is -3.76. The van der Waals surface area contributed by atoms with Crippen molar-refractivity contribution in [3.63, 3.8) is 0 Å². The fraction of sp³-hybridized carbons (Fsp3) is 0.250. The van der Waals surface area contributed by atoms with Gasteiger partial charge in [0.05, 0.1) is 22.9 Å². The van der Waals surface area contributed by atoms with Crippen molar-refractivity contribution in [3.05, 3.63) is 75.6 Å². The normalized spacial score (nSPS) is 12.9. The maximum Gasteiger partial charge on any atom is 0.298 e. The highest BCUT2D eigenvalue weighted by molar-refractivity contribution is 6.01. The van der Waals surface area contributed by atoms with Gasteiger partial charge in [-0.2, -0.15) is 8.78 Å². The summed E-state index contributed by atoms with van der Waals surface area (Å²) in [4.78, 5) is 24.6. The standard InChI is InChI=1S/C20H21F3N4O3/c1-12(15-4-3-5-16(18(15)21)20(22,23)11-28)26-19(30)13-6-7-17(29)27(10-13)14(8-24)9-25-2/h3-10,12,24-25,28H,11H2,1-2H3,(H,26,30)/b14-9+,24-8?/t12-/m1/s1. The SMILES string of the molecule is CN/C=C(\C=N)n1cc(C(=O)N[C@H](C)c2cccc(C(F)(F)CO)c2F)ccc1=O. The number of allylic oxidation sites excluding steroid dienone is 1. The summed E-state index contributed by atoms with van der Waals surface area (Å²) in [6, 6.07) is 4.73. The fourth-order valence-corrected chi connectivity index (χ4v) is 2.76. The van der Waals surface area contributed by atoms with Crippen molar-refractivity contribution in [2.45, 2.75) is 18.9 Å². The van der Waals surface area contributed by atoms with Gasteiger partial charge in [-0.15, -0.1) is 0 Å². The number of alkyl halides is 2. The molecular formula is C20H21F3N4O3. The molecule has 0 unspecified atom stereocenters. The number of benzene rings is 1. The largest absolute Gasteiger partial charge is 0.392 e. The van der Waals surface area contributed by atoms with Crippen LogP contribution in [-0.4, -0.2) is 35.4 Å². The average Bonchev–Trinajstić information content (AvgIpc) is 2.72. The molecule has 4 N–H and O–H groups in total. The summed E-state index contributed by atoms with van der Waals surface area (Å²) in [7, 11) is 1.58. The Kier molecular flexibility index (Phi) is 7.17. The van der Waals surface area contributed by atoms with Crippen LogP contribution >= 0.6 is 0 Å². The van der Waals surface area contributed by atoms with Gasteiger partial charge in [0.25, 0.3) is 17.4 Å². The number of amides is 1. The monoisotopic (exact) mass is 422 g/mol. The molecule has 2 rings (SSSR count). The molecule has 7 nitrogen and oxygen atoms in total. The molecule has 0 bridgehead atoms. The van der Waals surface area contributed by atoms with Crippen LogP contribution in [0.25, 0.3) is 5.70 Å². The van der Waals surface area contributed by atoms with E-state index in [9.17, 15) is 22.8 Å². The molecule has 0 saturated carbocycles. The van der Waals surface area contributed by atoms with Crippen molar-refractivity contribution in [1.82, 2.24) is 15.2 Å². The molecule has 30 heavy (non-hydrogen) atoms. The summed E-state index contributed by atoms with van der Waals surface area (Å²) >= 11 is 0. The molecular weight excluding hydrogens is 401 g/mol. The van der Waals surface area contributed by atoms with Gasteiger partial charge in [0.1, 0.15) is 12.4 Å². The van der Waals surface area contributed by atoms with Gasteiger partial charge >= 0.3 is 0 Å². The van der Waals surface area contributed by atoms with Crippen molar-refractivity contribution < 1.29 is 23.1 Å². The van der Waals surface area contributed by atoms with Gasteiger partial charge in [0, 0.05) is 37.3 Å². The number of pyridine rings is 1. The van der Waals surface area contributed by atoms with Gasteiger partial charge in [0.15, 0.2) is 0 Å². The molecule has 0 aliphatic rings. The van der Waals surface area contributed by atoms with E-state index < -0.39 is 41.4 Å². The van der Waals surface area contributed by atoms with Crippen LogP contribution in [0.4, 0.5) is 13.2 Å². The second-order valence-corrected chi connectivity index (χ2v) is 6.39. The Hall–Kier alpha value is -3.40. The van der Waals surface area contributed by atoms with E-state index in [1.165, 1.54) is 37.5 Å². The van der Waals surface area contributed by atoms with E-state index in [0.717, 1.165) is 22.9 Å². The first-order valence-electron chi connectivity index (χ1n) is 8.85. The maximum absolute atomic E-state index is 14.6. The van der Waals surface area contributed by atoms with E-state index in [4.69, 9.17) is 10.5 Å². The smallest absolute Gasteiger partial charge is 0.298 e. The molecule has 1 aromatic heterocycles.